The average molecular weight is 265 g/mol. The first-order valence-electron chi connectivity index (χ1n) is 6.52. The zero-order valence-electron chi connectivity index (χ0n) is 11.2. The van der Waals surface area contributed by atoms with Crippen molar-refractivity contribution in [1.29, 1.82) is 0 Å². The number of hydrogen-bond acceptors (Lipinski definition) is 3. The van der Waals surface area contributed by atoms with Crippen LogP contribution in [0.5, 0.6) is 5.75 Å². The molecular weight excluding hydrogens is 250 g/mol. The smallest absolute Gasteiger partial charge is 0.134 e. The Balaban J connectivity index is 1.67. The van der Waals surface area contributed by atoms with E-state index in [0.717, 1.165) is 17.2 Å². The molecule has 1 heterocycles. The van der Waals surface area contributed by atoms with E-state index >= 15 is 0 Å². The Labute approximate surface area is 117 Å². The van der Waals surface area contributed by atoms with E-state index < -0.39 is 0 Å². The van der Waals surface area contributed by atoms with Gasteiger partial charge in [0.2, 0.25) is 0 Å². The van der Waals surface area contributed by atoms with Crippen LogP contribution in [0.15, 0.2) is 65.2 Å². The third kappa shape index (κ3) is 2.88. The van der Waals surface area contributed by atoms with Gasteiger partial charge in [-0.15, -0.1) is 0 Å². The molecule has 0 aliphatic heterocycles. The number of aromatic nitrogens is 1. The van der Waals surface area contributed by atoms with Crippen LogP contribution >= 0.6 is 0 Å². The summed E-state index contributed by atoms with van der Waals surface area (Å²) in [7, 11) is 0. The fourth-order valence-corrected chi connectivity index (χ4v) is 2.02. The second-order valence-electron chi connectivity index (χ2n) is 4.61. The maximum absolute atomic E-state index is 5.67. The molecule has 2 aromatic carbocycles. The van der Waals surface area contributed by atoms with E-state index in [1.165, 1.54) is 11.1 Å². The molecule has 0 aliphatic carbocycles. The first kappa shape index (κ1) is 12.5. The minimum atomic E-state index is 0.419. The summed E-state index contributed by atoms with van der Waals surface area (Å²) in [6.07, 6.45) is 0. The van der Waals surface area contributed by atoms with Crippen molar-refractivity contribution in [3.63, 3.8) is 0 Å². The van der Waals surface area contributed by atoms with Crippen molar-refractivity contribution >= 4 is 0 Å². The standard InChI is InChI=1S/C17H15NO2/c1-13-11-16(18-20-13)12-19-17-9-7-15(8-10-17)14-5-3-2-4-6-14/h2-11H,12H2,1H3. The van der Waals surface area contributed by atoms with Gasteiger partial charge in [-0.05, 0) is 30.2 Å². The highest BCUT2D eigenvalue weighted by Crippen LogP contribution is 2.22. The van der Waals surface area contributed by atoms with Crippen LogP contribution in [0.3, 0.4) is 0 Å². The SMILES string of the molecule is Cc1cc(COc2ccc(-c3ccccc3)cc2)no1. The van der Waals surface area contributed by atoms with Crippen molar-refractivity contribution in [1.82, 2.24) is 5.16 Å². The van der Waals surface area contributed by atoms with Crippen LogP contribution in [-0.4, -0.2) is 5.16 Å². The molecule has 0 bridgehead atoms. The van der Waals surface area contributed by atoms with Gasteiger partial charge >= 0.3 is 0 Å². The van der Waals surface area contributed by atoms with Gasteiger partial charge in [-0.3, -0.25) is 0 Å². The van der Waals surface area contributed by atoms with Gasteiger partial charge in [-0.2, -0.15) is 0 Å². The number of ether oxygens (including phenoxy) is 1. The lowest BCUT2D eigenvalue weighted by atomic mass is 10.1. The second kappa shape index (κ2) is 5.61. The lowest BCUT2D eigenvalue weighted by Crippen LogP contribution is -1.95. The van der Waals surface area contributed by atoms with Crippen LogP contribution < -0.4 is 4.74 Å². The molecule has 0 fully saturated rings. The Morgan fingerprint density at radius 3 is 2.30 bits per heavy atom. The minimum absolute atomic E-state index is 0.419. The van der Waals surface area contributed by atoms with Crippen molar-refractivity contribution < 1.29 is 9.26 Å². The van der Waals surface area contributed by atoms with Crippen LogP contribution in [0.25, 0.3) is 11.1 Å². The fourth-order valence-electron chi connectivity index (χ4n) is 2.02. The Morgan fingerprint density at radius 1 is 0.950 bits per heavy atom. The summed E-state index contributed by atoms with van der Waals surface area (Å²) >= 11 is 0. The number of rotatable bonds is 4. The van der Waals surface area contributed by atoms with Crippen molar-refractivity contribution in [2.75, 3.05) is 0 Å². The predicted molar refractivity (Wildman–Crippen MR) is 77.5 cm³/mol. The summed E-state index contributed by atoms with van der Waals surface area (Å²) in [4.78, 5) is 0. The summed E-state index contributed by atoms with van der Waals surface area (Å²) in [6.45, 7) is 2.28. The van der Waals surface area contributed by atoms with E-state index in [-0.39, 0.29) is 0 Å². The number of hydrogen-bond donors (Lipinski definition) is 0. The van der Waals surface area contributed by atoms with E-state index in [2.05, 4.69) is 29.4 Å². The second-order valence-corrected chi connectivity index (χ2v) is 4.61. The Kier molecular flexibility index (Phi) is 3.50. The molecule has 0 saturated heterocycles. The topological polar surface area (TPSA) is 35.3 Å². The van der Waals surface area contributed by atoms with Crippen LogP contribution in [0.4, 0.5) is 0 Å². The monoisotopic (exact) mass is 265 g/mol. The van der Waals surface area contributed by atoms with E-state index in [9.17, 15) is 0 Å². The molecule has 0 unspecified atom stereocenters. The molecule has 3 nitrogen and oxygen atoms in total. The molecule has 0 atom stereocenters. The van der Waals surface area contributed by atoms with Gasteiger partial charge in [-0.25, -0.2) is 0 Å². The molecule has 3 rings (SSSR count). The maximum atomic E-state index is 5.67. The molecule has 0 spiro atoms. The van der Waals surface area contributed by atoms with Crippen molar-refractivity contribution in [3.8, 4) is 16.9 Å². The third-order valence-corrected chi connectivity index (χ3v) is 3.02. The Morgan fingerprint density at radius 2 is 1.65 bits per heavy atom. The molecule has 1 aromatic heterocycles. The molecular formula is C17H15NO2. The van der Waals surface area contributed by atoms with Gasteiger partial charge in [-0.1, -0.05) is 47.6 Å². The molecule has 3 heteroatoms. The van der Waals surface area contributed by atoms with Crippen molar-refractivity contribution in [2.24, 2.45) is 0 Å². The number of nitrogens with zero attached hydrogens (tertiary/aromatic N) is 1. The Bertz CT molecular complexity index is 672. The third-order valence-electron chi connectivity index (χ3n) is 3.02. The lowest BCUT2D eigenvalue weighted by Gasteiger charge is -2.05. The van der Waals surface area contributed by atoms with Crippen molar-refractivity contribution in [3.05, 3.63) is 72.1 Å². The molecule has 100 valence electrons. The fraction of sp³-hybridized carbons (Fsp3) is 0.118. The van der Waals surface area contributed by atoms with Crippen LogP contribution in [0.2, 0.25) is 0 Å². The summed E-state index contributed by atoms with van der Waals surface area (Å²) in [5, 5.41) is 3.90. The average Bonchev–Trinajstić information content (AvgIpc) is 2.92. The molecule has 0 saturated carbocycles. The minimum Gasteiger partial charge on any atom is -0.487 e. The van der Waals surface area contributed by atoms with Gasteiger partial charge in [0.1, 0.15) is 23.8 Å². The van der Waals surface area contributed by atoms with E-state index in [1.54, 1.807) is 0 Å². The highest BCUT2D eigenvalue weighted by molar-refractivity contribution is 5.63. The maximum Gasteiger partial charge on any atom is 0.134 e. The van der Waals surface area contributed by atoms with Gasteiger partial charge in [0, 0.05) is 6.07 Å². The molecule has 0 aliphatic rings. The lowest BCUT2D eigenvalue weighted by molar-refractivity contribution is 0.288. The molecule has 0 amide bonds. The van der Waals surface area contributed by atoms with E-state index in [0.29, 0.717) is 6.61 Å². The van der Waals surface area contributed by atoms with Crippen molar-refractivity contribution in [2.45, 2.75) is 13.5 Å². The van der Waals surface area contributed by atoms with Gasteiger partial charge in [0.25, 0.3) is 0 Å². The van der Waals surface area contributed by atoms with E-state index in [1.807, 2.05) is 43.3 Å². The predicted octanol–water partition coefficient (Wildman–Crippen LogP) is 4.23. The van der Waals surface area contributed by atoms with Crippen LogP contribution in [-0.2, 0) is 6.61 Å². The van der Waals surface area contributed by atoms with Crippen LogP contribution in [0, 0.1) is 6.92 Å². The molecule has 0 radical (unpaired) electrons. The zero-order chi connectivity index (χ0) is 13.8. The summed E-state index contributed by atoms with van der Waals surface area (Å²) < 4.78 is 10.7. The zero-order valence-corrected chi connectivity index (χ0v) is 11.2. The van der Waals surface area contributed by atoms with E-state index in [4.69, 9.17) is 9.26 Å². The molecule has 0 N–H and O–H groups in total. The molecule has 20 heavy (non-hydrogen) atoms. The summed E-state index contributed by atoms with van der Waals surface area (Å²) in [5.41, 5.74) is 3.18. The highest BCUT2D eigenvalue weighted by Gasteiger charge is 2.02. The summed E-state index contributed by atoms with van der Waals surface area (Å²) in [6, 6.07) is 20.2. The first-order valence-corrected chi connectivity index (χ1v) is 6.52. The number of aryl methyl sites for hydroxylation is 1. The van der Waals surface area contributed by atoms with Gasteiger partial charge in [0.05, 0.1) is 0 Å². The van der Waals surface area contributed by atoms with Gasteiger partial charge < -0.3 is 9.26 Å². The largest absolute Gasteiger partial charge is 0.487 e. The quantitative estimate of drug-likeness (QED) is 0.708. The highest BCUT2D eigenvalue weighted by atomic mass is 16.5. The van der Waals surface area contributed by atoms with Gasteiger partial charge in [0.15, 0.2) is 0 Å². The van der Waals surface area contributed by atoms with Crippen LogP contribution in [0.1, 0.15) is 11.5 Å². The summed E-state index contributed by atoms with van der Waals surface area (Å²) in [5.74, 6) is 1.62. The molecule has 3 aromatic rings. The normalized spacial score (nSPS) is 10.4. The Hall–Kier alpha value is -2.55. The first-order chi connectivity index (χ1) is 9.81. The number of benzene rings is 2.